The van der Waals surface area contributed by atoms with Gasteiger partial charge in [0.05, 0.1) is 25.5 Å². The second-order valence-electron chi connectivity index (χ2n) is 5.03. The fraction of sp³-hybridized carbons (Fsp3) is 0.294. The lowest BCUT2D eigenvalue weighted by Crippen LogP contribution is -2.22. The van der Waals surface area contributed by atoms with Gasteiger partial charge >= 0.3 is 0 Å². The summed E-state index contributed by atoms with van der Waals surface area (Å²) in [5.74, 6) is 0.835. The zero-order valence-corrected chi connectivity index (χ0v) is 13.5. The van der Waals surface area contributed by atoms with Crippen molar-refractivity contribution in [2.24, 2.45) is 0 Å². The molecule has 2 aromatic carbocycles. The first kappa shape index (κ1) is 14.4. The summed E-state index contributed by atoms with van der Waals surface area (Å²) in [6, 6.07) is 14.4. The lowest BCUT2D eigenvalue weighted by atomic mass is 9.97. The molecule has 0 saturated heterocycles. The molecule has 3 nitrogen and oxygen atoms in total. The first-order valence-corrected chi connectivity index (χ1v) is 7.84. The minimum atomic E-state index is 0.0821. The molecule has 110 valence electrons. The predicted molar refractivity (Wildman–Crippen MR) is 88.0 cm³/mol. The van der Waals surface area contributed by atoms with Crippen molar-refractivity contribution in [3.8, 4) is 5.75 Å². The minimum Gasteiger partial charge on any atom is -0.495 e. The van der Waals surface area contributed by atoms with E-state index in [1.54, 1.807) is 7.11 Å². The van der Waals surface area contributed by atoms with E-state index in [2.05, 4.69) is 45.5 Å². The number of fused-ring (bicyclic) bond motifs is 1. The highest BCUT2D eigenvalue weighted by atomic mass is 79.9. The number of rotatable bonds is 4. The van der Waals surface area contributed by atoms with Crippen LogP contribution in [0.2, 0.25) is 0 Å². The molecule has 0 bridgehead atoms. The molecule has 4 heteroatoms. The topological polar surface area (TPSA) is 30.5 Å². The molecule has 1 aliphatic rings. The maximum absolute atomic E-state index is 5.91. The fourth-order valence-electron chi connectivity index (χ4n) is 2.67. The Morgan fingerprint density at radius 1 is 1.29 bits per heavy atom. The summed E-state index contributed by atoms with van der Waals surface area (Å²) in [5.41, 5.74) is 3.64. The van der Waals surface area contributed by atoms with Crippen molar-refractivity contribution in [2.75, 3.05) is 25.6 Å². The third-order valence-electron chi connectivity index (χ3n) is 3.73. The first-order chi connectivity index (χ1) is 10.3. The highest BCUT2D eigenvalue weighted by Crippen LogP contribution is 2.31. The second kappa shape index (κ2) is 6.50. The molecule has 0 radical (unpaired) electrons. The van der Waals surface area contributed by atoms with Crippen LogP contribution in [0.3, 0.4) is 0 Å². The maximum Gasteiger partial charge on any atom is 0.142 e. The van der Waals surface area contributed by atoms with Gasteiger partial charge in [0.1, 0.15) is 5.75 Å². The van der Waals surface area contributed by atoms with E-state index in [1.807, 2.05) is 18.2 Å². The van der Waals surface area contributed by atoms with Gasteiger partial charge in [0.15, 0.2) is 0 Å². The quantitative estimate of drug-likeness (QED) is 0.899. The molecule has 0 spiro atoms. The average molecular weight is 348 g/mol. The summed E-state index contributed by atoms with van der Waals surface area (Å²) in [6.45, 7) is 1.50. The van der Waals surface area contributed by atoms with E-state index in [1.165, 1.54) is 11.1 Å². The molecule has 0 aliphatic carbocycles. The maximum atomic E-state index is 5.91. The van der Waals surface area contributed by atoms with Crippen molar-refractivity contribution in [3.63, 3.8) is 0 Å². The van der Waals surface area contributed by atoms with Crippen LogP contribution in [0.25, 0.3) is 0 Å². The summed E-state index contributed by atoms with van der Waals surface area (Å²) >= 11 is 3.49. The lowest BCUT2D eigenvalue weighted by Gasteiger charge is -2.26. The molecule has 0 aromatic heterocycles. The Bertz CT molecular complexity index is 630. The number of anilines is 1. The molecule has 2 aromatic rings. The van der Waals surface area contributed by atoms with Gasteiger partial charge in [-0.3, -0.25) is 0 Å². The van der Waals surface area contributed by atoms with E-state index in [4.69, 9.17) is 9.47 Å². The van der Waals surface area contributed by atoms with Crippen LogP contribution in [0, 0.1) is 0 Å². The van der Waals surface area contributed by atoms with E-state index in [9.17, 15) is 0 Å². The number of hydrogen-bond donors (Lipinski definition) is 1. The number of methoxy groups -OCH3 is 1. The fourth-order valence-corrected chi connectivity index (χ4v) is 3.03. The second-order valence-corrected chi connectivity index (χ2v) is 5.95. The average Bonchev–Trinajstić information content (AvgIpc) is 2.53. The van der Waals surface area contributed by atoms with E-state index < -0.39 is 0 Å². The molecule has 1 N–H and O–H groups in total. The van der Waals surface area contributed by atoms with E-state index in [0.717, 1.165) is 35.5 Å². The van der Waals surface area contributed by atoms with Gasteiger partial charge in [-0.05, 0) is 35.7 Å². The van der Waals surface area contributed by atoms with Crippen LogP contribution in [0.1, 0.15) is 17.2 Å². The van der Waals surface area contributed by atoms with Crippen LogP contribution in [0.15, 0.2) is 46.9 Å². The molecular weight excluding hydrogens is 330 g/mol. The van der Waals surface area contributed by atoms with Gasteiger partial charge in [0, 0.05) is 11.0 Å². The van der Waals surface area contributed by atoms with Gasteiger partial charge in [-0.15, -0.1) is 0 Å². The SMILES string of the molecule is COc1ccc(Br)cc1NCC1OCCc2ccccc21. The van der Waals surface area contributed by atoms with Crippen LogP contribution in [0.5, 0.6) is 5.75 Å². The molecule has 0 amide bonds. The Hall–Kier alpha value is -1.52. The molecule has 1 atom stereocenters. The Morgan fingerprint density at radius 2 is 2.14 bits per heavy atom. The van der Waals surface area contributed by atoms with Crippen molar-refractivity contribution in [3.05, 3.63) is 58.1 Å². The van der Waals surface area contributed by atoms with E-state index in [0.29, 0.717) is 0 Å². The highest BCUT2D eigenvalue weighted by molar-refractivity contribution is 9.10. The van der Waals surface area contributed by atoms with Crippen molar-refractivity contribution in [2.45, 2.75) is 12.5 Å². The van der Waals surface area contributed by atoms with Crippen LogP contribution in [-0.2, 0) is 11.2 Å². The summed E-state index contributed by atoms with van der Waals surface area (Å²) < 4.78 is 12.3. The first-order valence-electron chi connectivity index (χ1n) is 7.05. The molecule has 1 aliphatic heterocycles. The predicted octanol–water partition coefficient (Wildman–Crippen LogP) is 4.18. The summed E-state index contributed by atoms with van der Waals surface area (Å²) in [7, 11) is 1.68. The molecule has 0 fully saturated rings. The minimum absolute atomic E-state index is 0.0821. The number of halogens is 1. The van der Waals surface area contributed by atoms with Gasteiger partial charge in [-0.1, -0.05) is 40.2 Å². The van der Waals surface area contributed by atoms with Crippen LogP contribution in [0.4, 0.5) is 5.69 Å². The summed E-state index contributed by atoms with van der Waals surface area (Å²) in [6.07, 6.45) is 1.08. The summed E-state index contributed by atoms with van der Waals surface area (Å²) in [4.78, 5) is 0. The Balaban J connectivity index is 1.76. The van der Waals surface area contributed by atoms with Gasteiger partial charge in [0.2, 0.25) is 0 Å². The number of hydrogen-bond acceptors (Lipinski definition) is 3. The van der Waals surface area contributed by atoms with Crippen LogP contribution in [-0.4, -0.2) is 20.3 Å². The monoisotopic (exact) mass is 347 g/mol. The third-order valence-corrected chi connectivity index (χ3v) is 4.23. The normalized spacial score (nSPS) is 17.1. The molecule has 21 heavy (non-hydrogen) atoms. The number of ether oxygens (including phenoxy) is 2. The Morgan fingerprint density at radius 3 is 3.00 bits per heavy atom. The van der Waals surface area contributed by atoms with Crippen LogP contribution >= 0.6 is 15.9 Å². The third kappa shape index (κ3) is 3.22. The van der Waals surface area contributed by atoms with Gasteiger partial charge in [-0.25, -0.2) is 0 Å². The van der Waals surface area contributed by atoms with Crippen molar-refractivity contribution in [1.29, 1.82) is 0 Å². The van der Waals surface area contributed by atoms with E-state index >= 15 is 0 Å². The van der Waals surface area contributed by atoms with Crippen LogP contribution < -0.4 is 10.1 Å². The highest BCUT2D eigenvalue weighted by Gasteiger charge is 2.20. The van der Waals surface area contributed by atoms with Gasteiger partial charge in [-0.2, -0.15) is 0 Å². The van der Waals surface area contributed by atoms with Gasteiger partial charge < -0.3 is 14.8 Å². The number of nitrogens with one attached hydrogen (secondary N) is 1. The molecule has 3 rings (SSSR count). The standard InChI is InChI=1S/C17H18BrNO2/c1-20-16-7-6-13(18)10-15(16)19-11-17-14-5-3-2-4-12(14)8-9-21-17/h2-7,10,17,19H,8-9,11H2,1H3. The molecule has 0 saturated carbocycles. The zero-order valence-electron chi connectivity index (χ0n) is 11.9. The van der Waals surface area contributed by atoms with Crippen molar-refractivity contribution < 1.29 is 9.47 Å². The largest absolute Gasteiger partial charge is 0.495 e. The number of benzene rings is 2. The Kier molecular flexibility index (Phi) is 4.46. The molecule has 1 unspecified atom stereocenters. The van der Waals surface area contributed by atoms with Crippen molar-refractivity contribution >= 4 is 21.6 Å². The van der Waals surface area contributed by atoms with E-state index in [-0.39, 0.29) is 6.10 Å². The molecule has 1 heterocycles. The molecular formula is C17H18BrNO2. The van der Waals surface area contributed by atoms with Crippen molar-refractivity contribution in [1.82, 2.24) is 0 Å². The summed E-state index contributed by atoms with van der Waals surface area (Å²) in [5, 5.41) is 3.44. The van der Waals surface area contributed by atoms with Gasteiger partial charge in [0.25, 0.3) is 0 Å². The Labute approximate surface area is 133 Å². The lowest BCUT2D eigenvalue weighted by molar-refractivity contribution is 0.0513. The smallest absolute Gasteiger partial charge is 0.142 e. The zero-order chi connectivity index (χ0) is 14.7.